The van der Waals surface area contributed by atoms with Gasteiger partial charge in [-0.15, -0.1) is 0 Å². The number of carboxylic acid groups (broad SMARTS) is 1. The van der Waals surface area contributed by atoms with Crippen LogP contribution in [0.25, 0.3) is 0 Å². The number of amides is 1. The Morgan fingerprint density at radius 1 is 1.38 bits per heavy atom. The van der Waals surface area contributed by atoms with E-state index in [9.17, 15) is 28.1 Å². The highest BCUT2D eigenvalue weighted by molar-refractivity contribution is 7.90. The van der Waals surface area contributed by atoms with E-state index in [4.69, 9.17) is 9.84 Å². The van der Waals surface area contributed by atoms with Crippen LogP contribution in [0, 0.1) is 10.1 Å². The van der Waals surface area contributed by atoms with Gasteiger partial charge in [0.2, 0.25) is 0 Å². The minimum absolute atomic E-state index is 0.00341. The van der Waals surface area contributed by atoms with Gasteiger partial charge in [-0.1, -0.05) is 0 Å². The monoisotopic (exact) mass is 358 g/mol. The smallest absolute Gasteiger partial charge is 0.334 e. The molecule has 0 spiro atoms. The van der Waals surface area contributed by atoms with Gasteiger partial charge in [0.05, 0.1) is 23.0 Å². The molecule has 0 radical (unpaired) electrons. The number of nitro benzene ring substituents is 1. The Morgan fingerprint density at radius 2 is 2.04 bits per heavy atom. The fraction of sp³-hybridized carbons (Fsp3) is 0.385. The molecule has 1 saturated heterocycles. The average Bonchev–Trinajstić information content (AvgIpc) is 2.53. The van der Waals surface area contributed by atoms with Gasteiger partial charge < -0.3 is 14.7 Å². The van der Waals surface area contributed by atoms with Crippen LogP contribution in [-0.4, -0.2) is 67.3 Å². The maximum Gasteiger partial charge on any atom is 0.334 e. The largest absolute Gasteiger partial charge is 0.479 e. The summed E-state index contributed by atoms with van der Waals surface area (Å²) < 4.78 is 28.3. The van der Waals surface area contributed by atoms with Crippen LogP contribution in [0.1, 0.15) is 10.4 Å². The number of carbonyl (C=O) groups is 2. The first-order chi connectivity index (χ1) is 11.1. The summed E-state index contributed by atoms with van der Waals surface area (Å²) in [6, 6.07) is 2.86. The molecule has 1 aliphatic heterocycles. The van der Waals surface area contributed by atoms with Crippen LogP contribution in [0.3, 0.4) is 0 Å². The molecule has 0 aliphatic carbocycles. The zero-order valence-corrected chi connectivity index (χ0v) is 13.4. The van der Waals surface area contributed by atoms with Crippen molar-refractivity contribution in [1.29, 1.82) is 0 Å². The third-order valence-electron chi connectivity index (χ3n) is 3.41. The van der Waals surface area contributed by atoms with E-state index in [1.807, 2.05) is 0 Å². The first-order valence-electron chi connectivity index (χ1n) is 6.73. The molecule has 1 aliphatic rings. The number of hydrogen-bond acceptors (Lipinski definition) is 7. The van der Waals surface area contributed by atoms with Gasteiger partial charge in [0.1, 0.15) is 0 Å². The Labute approximate surface area is 136 Å². The van der Waals surface area contributed by atoms with E-state index in [1.165, 1.54) is 0 Å². The van der Waals surface area contributed by atoms with Crippen molar-refractivity contribution in [3.8, 4) is 0 Å². The van der Waals surface area contributed by atoms with Crippen molar-refractivity contribution in [2.75, 3.05) is 26.0 Å². The summed E-state index contributed by atoms with van der Waals surface area (Å²) in [6.07, 6.45) is -0.328. The molecule has 0 saturated carbocycles. The number of aliphatic carboxylic acids is 1. The van der Waals surface area contributed by atoms with Gasteiger partial charge in [0.25, 0.3) is 11.6 Å². The lowest BCUT2D eigenvalue weighted by Gasteiger charge is -2.30. The van der Waals surface area contributed by atoms with E-state index in [-0.39, 0.29) is 30.2 Å². The number of rotatable bonds is 4. The van der Waals surface area contributed by atoms with Crippen LogP contribution in [-0.2, 0) is 19.4 Å². The van der Waals surface area contributed by atoms with Gasteiger partial charge >= 0.3 is 5.97 Å². The van der Waals surface area contributed by atoms with E-state index in [1.54, 1.807) is 0 Å². The highest BCUT2D eigenvalue weighted by atomic mass is 32.2. The Bertz CT molecular complexity index is 804. The van der Waals surface area contributed by atoms with Crippen LogP contribution < -0.4 is 0 Å². The summed E-state index contributed by atoms with van der Waals surface area (Å²) >= 11 is 0. The molecule has 1 aromatic rings. The van der Waals surface area contributed by atoms with Gasteiger partial charge in [-0.05, 0) is 6.07 Å². The van der Waals surface area contributed by atoms with Crippen molar-refractivity contribution in [2.24, 2.45) is 0 Å². The van der Waals surface area contributed by atoms with Crippen LogP contribution >= 0.6 is 0 Å². The number of carbonyl (C=O) groups excluding carboxylic acids is 1. The zero-order chi connectivity index (χ0) is 18.1. The van der Waals surface area contributed by atoms with E-state index >= 15 is 0 Å². The Morgan fingerprint density at radius 3 is 2.58 bits per heavy atom. The predicted molar refractivity (Wildman–Crippen MR) is 79.5 cm³/mol. The summed E-state index contributed by atoms with van der Waals surface area (Å²) in [6.45, 7) is -0.138. The fourth-order valence-corrected chi connectivity index (χ4v) is 2.87. The second-order valence-electron chi connectivity index (χ2n) is 5.19. The van der Waals surface area contributed by atoms with E-state index < -0.39 is 38.4 Å². The number of benzene rings is 1. The third kappa shape index (κ3) is 3.86. The standard InChI is InChI=1S/C13H14N2O8S/c1-24(21,22)10-5-8(4-9(6-10)15(19)20)12(16)14-2-3-23-11(7-14)13(17)18/h4-6,11H,2-3,7H2,1H3,(H,17,18). The van der Waals surface area contributed by atoms with E-state index in [0.29, 0.717) is 0 Å². The van der Waals surface area contributed by atoms with Crippen molar-refractivity contribution in [2.45, 2.75) is 11.0 Å². The molecule has 1 N–H and O–H groups in total. The molecule has 1 fully saturated rings. The molecule has 1 amide bonds. The molecule has 10 nitrogen and oxygen atoms in total. The Kier molecular flexibility index (Phi) is 4.85. The van der Waals surface area contributed by atoms with Gasteiger partial charge in [-0.2, -0.15) is 0 Å². The second kappa shape index (κ2) is 6.53. The molecular formula is C13H14N2O8S. The molecule has 11 heteroatoms. The number of hydrogen-bond donors (Lipinski definition) is 1. The molecule has 24 heavy (non-hydrogen) atoms. The number of ether oxygens (including phenoxy) is 1. The molecule has 1 aromatic carbocycles. The number of morpholine rings is 1. The van der Waals surface area contributed by atoms with Gasteiger partial charge in [0.15, 0.2) is 15.9 Å². The van der Waals surface area contributed by atoms with Crippen molar-refractivity contribution in [3.63, 3.8) is 0 Å². The second-order valence-corrected chi connectivity index (χ2v) is 7.21. The van der Waals surface area contributed by atoms with Crippen molar-refractivity contribution < 1.29 is 32.8 Å². The SMILES string of the molecule is CS(=O)(=O)c1cc(C(=O)N2CCOC(C(=O)O)C2)cc([N+](=O)[O-])c1. The summed E-state index contributed by atoms with van der Waals surface area (Å²) in [5.74, 6) is -1.93. The molecule has 0 aromatic heterocycles. The van der Waals surface area contributed by atoms with Crippen LogP contribution in [0.5, 0.6) is 0 Å². The average molecular weight is 358 g/mol. The van der Waals surface area contributed by atoms with Gasteiger partial charge in [0, 0.05) is 30.5 Å². The highest BCUT2D eigenvalue weighted by Crippen LogP contribution is 2.22. The number of carboxylic acids is 1. The summed E-state index contributed by atoms with van der Waals surface area (Å²) in [4.78, 5) is 34.4. The topological polar surface area (TPSA) is 144 Å². The summed E-state index contributed by atoms with van der Waals surface area (Å²) in [7, 11) is -3.76. The number of sulfone groups is 1. The molecule has 1 unspecified atom stereocenters. The maximum atomic E-state index is 12.5. The van der Waals surface area contributed by atoms with Gasteiger partial charge in [-0.25, -0.2) is 13.2 Å². The number of nitrogens with zero attached hydrogens (tertiary/aromatic N) is 2. The fourth-order valence-electron chi connectivity index (χ4n) is 2.19. The Hall–Kier alpha value is -2.53. The van der Waals surface area contributed by atoms with Crippen LogP contribution in [0.4, 0.5) is 5.69 Å². The normalized spacial score (nSPS) is 18.2. The van der Waals surface area contributed by atoms with Crippen molar-refractivity contribution in [1.82, 2.24) is 4.90 Å². The molecule has 1 heterocycles. The Balaban J connectivity index is 2.40. The van der Waals surface area contributed by atoms with E-state index in [0.717, 1.165) is 29.4 Å². The minimum Gasteiger partial charge on any atom is -0.479 e. The minimum atomic E-state index is -3.76. The maximum absolute atomic E-state index is 12.5. The molecule has 1 atom stereocenters. The van der Waals surface area contributed by atoms with Crippen LogP contribution in [0.2, 0.25) is 0 Å². The lowest BCUT2D eigenvalue weighted by Crippen LogP contribution is -2.48. The summed E-state index contributed by atoms with van der Waals surface area (Å²) in [5.41, 5.74) is -0.736. The molecule has 0 bridgehead atoms. The number of nitro groups is 1. The third-order valence-corrected chi connectivity index (χ3v) is 4.50. The zero-order valence-electron chi connectivity index (χ0n) is 12.5. The lowest BCUT2D eigenvalue weighted by atomic mass is 10.1. The molecule has 130 valence electrons. The predicted octanol–water partition coefficient (Wildman–Crippen LogP) is -0.0761. The van der Waals surface area contributed by atoms with Crippen LogP contribution in [0.15, 0.2) is 23.1 Å². The molecule has 2 rings (SSSR count). The van der Waals surface area contributed by atoms with E-state index in [2.05, 4.69) is 0 Å². The summed E-state index contributed by atoms with van der Waals surface area (Å²) in [5, 5.41) is 19.9. The molecular weight excluding hydrogens is 344 g/mol. The first kappa shape index (κ1) is 17.8. The van der Waals surface area contributed by atoms with Gasteiger partial charge in [-0.3, -0.25) is 14.9 Å². The lowest BCUT2D eigenvalue weighted by molar-refractivity contribution is -0.385. The van der Waals surface area contributed by atoms with Crippen molar-refractivity contribution in [3.05, 3.63) is 33.9 Å². The highest BCUT2D eigenvalue weighted by Gasteiger charge is 2.30. The first-order valence-corrected chi connectivity index (χ1v) is 8.62. The number of non-ortho nitro benzene ring substituents is 1. The van der Waals surface area contributed by atoms with Crippen molar-refractivity contribution >= 4 is 27.4 Å². The quantitative estimate of drug-likeness (QED) is 0.581.